The topological polar surface area (TPSA) is 76.0 Å². The summed E-state index contributed by atoms with van der Waals surface area (Å²) < 4.78 is 5.65. The summed E-state index contributed by atoms with van der Waals surface area (Å²) in [6, 6.07) is 6.96. The Kier molecular flexibility index (Phi) is 7.02. The van der Waals surface area contributed by atoms with Crippen molar-refractivity contribution in [2.24, 2.45) is 5.18 Å². The summed E-state index contributed by atoms with van der Waals surface area (Å²) in [6.07, 6.45) is 2.60. The van der Waals surface area contributed by atoms with Crippen LogP contribution in [0.3, 0.4) is 0 Å². The quantitative estimate of drug-likeness (QED) is 0.549. The highest BCUT2D eigenvalue weighted by Crippen LogP contribution is 2.24. The van der Waals surface area contributed by atoms with Gasteiger partial charge in [-0.05, 0) is 42.4 Å². The van der Waals surface area contributed by atoms with Crippen LogP contribution in [0.5, 0.6) is 5.75 Å². The smallest absolute Gasteiger partial charge is 0.332 e. The van der Waals surface area contributed by atoms with Crippen molar-refractivity contribution in [1.29, 1.82) is 0 Å². The van der Waals surface area contributed by atoms with Gasteiger partial charge < -0.3 is 9.84 Å². The summed E-state index contributed by atoms with van der Waals surface area (Å²) in [5.74, 6) is -0.309. The van der Waals surface area contributed by atoms with E-state index in [9.17, 15) is 9.70 Å². The van der Waals surface area contributed by atoms with Crippen LogP contribution in [0.25, 0.3) is 0 Å². The first-order valence-electron chi connectivity index (χ1n) is 7.63. The molecule has 0 aliphatic heterocycles. The van der Waals surface area contributed by atoms with Crippen LogP contribution in [0.1, 0.15) is 52.0 Å². The molecule has 0 amide bonds. The SMILES string of the molecule is CC(C)(C)c1ccc(OCCCCCC(N=O)C(=O)O)cc1. The average Bonchev–Trinajstić information content (AvgIpc) is 2.45. The Bertz CT molecular complexity index is 476. The number of rotatable bonds is 9. The number of carboxylic acid groups (broad SMARTS) is 1. The van der Waals surface area contributed by atoms with Crippen molar-refractivity contribution in [1.82, 2.24) is 0 Å². The normalized spacial score (nSPS) is 12.7. The van der Waals surface area contributed by atoms with Crippen molar-refractivity contribution < 1.29 is 14.6 Å². The van der Waals surface area contributed by atoms with Crippen LogP contribution in [0.2, 0.25) is 0 Å². The Labute approximate surface area is 131 Å². The third-order valence-corrected chi connectivity index (χ3v) is 3.52. The molecule has 1 aromatic carbocycles. The minimum atomic E-state index is -1.15. The number of benzene rings is 1. The van der Waals surface area contributed by atoms with Crippen LogP contribution in [0.4, 0.5) is 0 Å². The van der Waals surface area contributed by atoms with Gasteiger partial charge in [0.1, 0.15) is 5.75 Å². The molecule has 0 saturated carbocycles. The number of unbranched alkanes of at least 4 members (excludes halogenated alkanes) is 2. The molecule has 0 saturated heterocycles. The maximum Gasteiger partial charge on any atom is 0.332 e. The Morgan fingerprint density at radius 3 is 2.32 bits per heavy atom. The molecular weight excluding hydrogens is 282 g/mol. The zero-order valence-corrected chi connectivity index (χ0v) is 13.5. The second-order valence-electron chi connectivity index (χ2n) is 6.43. The third kappa shape index (κ3) is 6.24. The lowest BCUT2D eigenvalue weighted by atomic mass is 9.87. The van der Waals surface area contributed by atoms with Gasteiger partial charge in [0.05, 0.1) is 6.61 Å². The van der Waals surface area contributed by atoms with E-state index in [-0.39, 0.29) is 5.41 Å². The highest BCUT2D eigenvalue weighted by molar-refractivity contribution is 5.73. The lowest BCUT2D eigenvalue weighted by molar-refractivity contribution is -0.138. The second kappa shape index (κ2) is 8.51. The fraction of sp³-hybridized carbons (Fsp3) is 0.588. The maximum absolute atomic E-state index is 10.6. The molecule has 0 aromatic heterocycles. The monoisotopic (exact) mass is 307 g/mol. The van der Waals surface area contributed by atoms with E-state index in [1.54, 1.807) is 0 Å². The molecule has 0 radical (unpaired) electrons. The summed E-state index contributed by atoms with van der Waals surface area (Å²) in [7, 11) is 0. The van der Waals surface area contributed by atoms with E-state index in [1.807, 2.05) is 12.1 Å². The molecular formula is C17H25NO4. The molecule has 5 nitrogen and oxygen atoms in total. The first kappa shape index (κ1) is 18.1. The summed E-state index contributed by atoms with van der Waals surface area (Å²) in [5.41, 5.74) is 1.40. The van der Waals surface area contributed by atoms with Gasteiger partial charge in [-0.2, -0.15) is 0 Å². The van der Waals surface area contributed by atoms with E-state index >= 15 is 0 Å². The van der Waals surface area contributed by atoms with Crippen LogP contribution in [-0.2, 0) is 10.2 Å². The predicted molar refractivity (Wildman–Crippen MR) is 86.3 cm³/mol. The summed E-state index contributed by atoms with van der Waals surface area (Å²) in [6.45, 7) is 7.09. The van der Waals surface area contributed by atoms with E-state index in [2.05, 4.69) is 38.1 Å². The number of aliphatic carboxylic acids is 1. The number of hydrogen-bond acceptors (Lipinski definition) is 4. The molecule has 1 N–H and O–H groups in total. The molecule has 0 bridgehead atoms. The van der Waals surface area contributed by atoms with Gasteiger partial charge in [0.2, 0.25) is 0 Å². The fourth-order valence-corrected chi connectivity index (χ4v) is 2.08. The number of carboxylic acids is 1. The molecule has 0 aliphatic rings. The van der Waals surface area contributed by atoms with Crippen LogP contribution in [0.15, 0.2) is 29.4 Å². The lowest BCUT2D eigenvalue weighted by Crippen LogP contribution is -2.16. The van der Waals surface area contributed by atoms with Gasteiger partial charge in [0.15, 0.2) is 6.04 Å². The van der Waals surface area contributed by atoms with Gasteiger partial charge in [0.25, 0.3) is 0 Å². The van der Waals surface area contributed by atoms with E-state index < -0.39 is 12.0 Å². The van der Waals surface area contributed by atoms with Crippen molar-refractivity contribution >= 4 is 5.97 Å². The minimum absolute atomic E-state index is 0.131. The summed E-state index contributed by atoms with van der Waals surface area (Å²) >= 11 is 0. The van der Waals surface area contributed by atoms with Gasteiger partial charge in [-0.25, -0.2) is 4.79 Å². The molecule has 5 heteroatoms. The van der Waals surface area contributed by atoms with E-state index in [4.69, 9.17) is 9.84 Å². The van der Waals surface area contributed by atoms with Gasteiger partial charge in [-0.1, -0.05) is 44.5 Å². The Morgan fingerprint density at radius 1 is 1.18 bits per heavy atom. The molecule has 1 rings (SSSR count). The molecule has 22 heavy (non-hydrogen) atoms. The van der Waals surface area contributed by atoms with Crippen molar-refractivity contribution in [3.05, 3.63) is 34.7 Å². The van der Waals surface area contributed by atoms with Crippen molar-refractivity contribution in [2.75, 3.05) is 6.61 Å². The molecule has 0 heterocycles. The van der Waals surface area contributed by atoms with E-state index in [0.29, 0.717) is 19.4 Å². The number of hydrogen-bond donors (Lipinski definition) is 1. The number of carbonyl (C=O) groups is 1. The van der Waals surface area contributed by atoms with Crippen molar-refractivity contribution in [3.63, 3.8) is 0 Å². The van der Waals surface area contributed by atoms with Gasteiger partial charge in [0, 0.05) is 0 Å². The zero-order chi connectivity index (χ0) is 16.6. The predicted octanol–water partition coefficient (Wildman–Crippen LogP) is 4.14. The van der Waals surface area contributed by atoms with Gasteiger partial charge >= 0.3 is 5.97 Å². The number of nitroso groups, excluding NO2 is 1. The standard InChI is InChI=1S/C17H25NO4/c1-17(2,3)13-8-10-14(11-9-13)22-12-6-4-5-7-15(18-21)16(19)20/h8-11,15H,4-7,12H2,1-3H3,(H,19,20). The van der Waals surface area contributed by atoms with Crippen LogP contribution < -0.4 is 4.74 Å². The molecule has 1 unspecified atom stereocenters. The molecule has 0 spiro atoms. The van der Waals surface area contributed by atoms with Gasteiger partial charge in [-0.15, -0.1) is 4.91 Å². The van der Waals surface area contributed by atoms with Crippen molar-refractivity contribution in [3.8, 4) is 5.75 Å². The average molecular weight is 307 g/mol. The van der Waals surface area contributed by atoms with Crippen LogP contribution >= 0.6 is 0 Å². The van der Waals surface area contributed by atoms with E-state index in [1.165, 1.54) is 5.56 Å². The highest BCUT2D eigenvalue weighted by atomic mass is 16.5. The highest BCUT2D eigenvalue weighted by Gasteiger charge is 2.16. The summed E-state index contributed by atoms with van der Waals surface area (Å²) in [4.78, 5) is 20.9. The fourth-order valence-electron chi connectivity index (χ4n) is 2.08. The minimum Gasteiger partial charge on any atom is -0.494 e. The Hall–Kier alpha value is -1.91. The number of ether oxygens (including phenoxy) is 1. The van der Waals surface area contributed by atoms with Crippen molar-refractivity contribution in [2.45, 2.75) is 57.9 Å². The van der Waals surface area contributed by atoms with Crippen LogP contribution in [-0.4, -0.2) is 23.7 Å². The first-order chi connectivity index (χ1) is 10.3. The van der Waals surface area contributed by atoms with E-state index in [0.717, 1.165) is 18.6 Å². The zero-order valence-electron chi connectivity index (χ0n) is 13.5. The number of nitrogens with zero attached hydrogens (tertiary/aromatic N) is 1. The third-order valence-electron chi connectivity index (χ3n) is 3.52. The molecule has 0 fully saturated rings. The lowest BCUT2D eigenvalue weighted by Gasteiger charge is -2.19. The Balaban J connectivity index is 2.22. The molecule has 1 aromatic rings. The molecule has 122 valence electrons. The Morgan fingerprint density at radius 2 is 1.82 bits per heavy atom. The first-order valence-corrected chi connectivity index (χ1v) is 7.63. The van der Waals surface area contributed by atoms with Gasteiger partial charge in [-0.3, -0.25) is 0 Å². The van der Waals surface area contributed by atoms with Crippen LogP contribution in [0, 0.1) is 4.91 Å². The maximum atomic E-state index is 10.6. The largest absolute Gasteiger partial charge is 0.494 e. The second-order valence-corrected chi connectivity index (χ2v) is 6.43. The summed E-state index contributed by atoms with van der Waals surface area (Å²) in [5, 5.41) is 11.3. The molecule has 0 aliphatic carbocycles. The molecule has 1 atom stereocenters.